The third-order valence-corrected chi connectivity index (χ3v) is 4.06. The third kappa shape index (κ3) is 3.74. The molecule has 1 unspecified atom stereocenters. The van der Waals surface area contributed by atoms with Gasteiger partial charge >= 0.3 is 0 Å². The zero-order chi connectivity index (χ0) is 12.8. The van der Waals surface area contributed by atoms with E-state index in [0.717, 1.165) is 24.7 Å². The van der Waals surface area contributed by atoms with Crippen molar-refractivity contribution in [2.45, 2.75) is 51.5 Å². The van der Waals surface area contributed by atoms with Crippen molar-refractivity contribution in [3.8, 4) is 5.75 Å². The number of ether oxygens (including phenoxy) is 1. The molecule has 1 saturated carbocycles. The average Bonchev–Trinajstić information content (AvgIpc) is 2.42. The molecule has 0 bridgehead atoms. The van der Waals surface area contributed by atoms with E-state index in [-0.39, 0.29) is 0 Å². The highest BCUT2D eigenvalue weighted by molar-refractivity contribution is 5.31. The van der Waals surface area contributed by atoms with Gasteiger partial charge in [-0.25, -0.2) is 0 Å². The van der Waals surface area contributed by atoms with Gasteiger partial charge in [0.1, 0.15) is 5.75 Å². The van der Waals surface area contributed by atoms with Crippen molar-refractivity contribution >= 4 is 0 Å². The van der Waals surface area contributed by atoms with Crippen LogP contribution in [0.3, 0.4) is 0 Å². The Balaban J connectivity index is 1.73. The molecule has 0 aliphatic heterocycles. The Labute approximate surface area is 111 Å². The van der Waals surface area contributed by atoms with Gasteiger partial charge < -0.3 is 10.5 Å². The minimum atomic E-state index is 0.314. The predicted octanol–water partition coefficient (Wildman–Crippen LogP) is 3.67. The van der Waals surface area contributed by atoms with Crippen LogP contribution in [0.1, 0.15) is 44.1 Å². The first-order valence-corrected chi connectivity index (χ1v) is 7.21. The summed E-state index contributed by atoms with van der Waals surface area (Å²) in [5.74, 6) is 1.72. The fourth-order valence-electron chi connectivity index (χ4n) is 2.82. The van der Waals surface area contributed by atoms with Gasteiger partial charge in [0.05, 0.1) is 6.61 Å². The van der Waals surface area contributed by atoms with Crippen molar-refractivity contribution < 1.29 is 4.74 Å². The van der Waals surface area contributed by atoms with Gasteiger partial charge in [0.2, 0.25) is 0 Å². The van der Waals surface area contributed by atoms with Crippen LogP contribution in [0, 0.1) is 12.8 Å². The molecule has 1 aliphatic carbocycles. The number of hydrogen-bond donors (Lipinski definition) is 1. The highest BCUT2D eigenvalue weighted by Crippen LogP contribution is 2.27. The van der Waals surface area contributed by atoms with Crippen molar-refractivity contribution in [1.29, 1.82) is 0 Å². The summed E-state index contributed by atoms with van der Waals surface area (Å²) < 4.78 is 5.82. The SMILES string of the molecule is Cc1ccccc1OCCC(N)C1CCCCC1. The van der Waals surface area contributed by atoms with Crippen molar-refractivity contribution in [2.24, 2.45) is 11.7 Å². The second-order valence-electron chi connectivity index (χ2n) is 5.46. The normalized spacial score (nSPS) is 18.6. The molecular weight excluding hydrogens is 222 g/mol. The summed E-state index contributed by atoms with van der Waals surface area (Å²) in [6.45, 7) is 2.82. The fourth-order valence-corrected chi connectivity index (χ4v) is 2.82. The molecule has 18 heavy (non-hydrogen) atoms. The number of nitrogens with two attached hydrogens (primary N) is 1. The molecule has 2 heteroatoms. The minimum absolute atomic E-state index is 0.314. The molecule has 100 valence electrons. The zero-order valence-electron chi connectivity index (χ0n) is 11.4. The molecule has 0 amide bonds. The Morgan fingerprint density at radius 3 is 2.67 bits per heavy atom. The molecule has 1 fully saturated rings. The summed E-state index contributed by atoms with van der Waals surface area (Å²) in [7, 11) is 0. The Morgan fingerprint density at radius 2 is 1.94 bits per heavy atom. The second-order valence-corrected chi connectivity index (χ2v) is 5.46. The topological polar surface area (TPSA) is 35.2 Å². The molecule has 0 saturated heterocycles. The lowest BCUT2D eigenvalue weighted by Gasteiger charge is -2.27. The highest BCUT2D eigenvalue weighted by atomic mass is 16.5. The molecule has 2 nitrogen and oxygen atoms in total. The van der Waals surface area contributed by atoms with Crippen molar-refractivity contribution in [2.75, 3.05) is 6.61 Å². The first kappa shape index (κ1) is 13.4. The van der Waals surface area contributed by atoms with Crippen LogP contribution >= 0.6 is 0 Å². The maximum Gasteiger partial charge on any atom is 0.122 e. The highest BCUT2D eigenvalue weighted by Gasteiger charge is 2.20. The monoisotopic (exact) mass is 247 g/mol. The summed E-state index contributed by atoms with van der Waals surface area (Å²) in [6.07, 6.45) is 7.70. The second kappa shape index (κ2) is 6.79. The quantitative estimate of drug-likeness (QED) is 0.861. The standard InChI is InChI=1S/C16H25NO/c1-13-7-5-6-10-16(13)18-12-11-15(17)14-8-3-2-4-9-14/h5-7,10,14-15H,2-4,8-9,11-12,17H2,1H3. The van der Waals surface area contributed by atoms with Crippen LogP contribution in [0.5, 0.6) is 5.75 Å². The molecule has 0 spiro atoms. The molecule has 0 heterocycles. The molecular formula is C16H25NO. The fraction of sp³-hybridized carbons (Fsp3) is 0.625. The largest absolute Gasteiger partial charge is 0.493 e. The number of benzene rings is 1. The van der Waals surface area contributed by atoms with E-state index in [9.17, 15) is 0 Å². The van der Waals surface area contributed by atoms with Gasteiger partial charge in [-0.05, 0) is 43.7 Å². The molecule has 1 aromatic carbocycles. The van der Waals surface area contributed by atoms with Crippen LogP contribution < -0.4 is 10.5 Å². The van der Waals surface area contributed by atoms with E-state index in [4.69, 9.17) is 10.5 Å². The lowest BCUT2D eigenvalue weighted by Crippen LogP contribution is -2.33. The van der Waals surface area contributed by atoms with E-state index in [2.05, 4.69) is 13.0 Å². The zero-order valence-corrected chi connectivity index (χ0v) is 11.4. The van der Waals surface area contributed by atoms with E-state index in [0.29, 0.717) is 6.04 Å². The predicted molar refractivity (Wildman–Crippen MR) is 75.8 cm³/mol. The minimum Gasteiger partial charge on any atom is -0.493 e. The van der Waals surface area contributed by atoms with Gasteiger partial charge in [-0.3, -0.25) is 0 Å². The summed E-state index contributed by atoms with van der Waals surface area (Å²) in [5, 5.41) is 0. The first-order chi connectivity index (χ1) is 8.77. The van der Waals surface area contributed by atoms with E-state index in [1.807, 2.05) is 18.2 Å². The maximum atomic E-state index is 6.27. The third-order valence-electron chi connectivity index (χ3n) is 4.06. The Bertz CT molecular complexity index is 358. The summed E-state index contributed by atoms with van der Waals surface area (Å²) in [6, 6.07) is 8.48. The van der Waals surface area contributed by atoms with Crippen LogP contribution in [0.25, 0.3) is 0 Å². The van der Waals surface area contributed by atoms with Gasteiger partial charge in [-0.1, -0.05) is 37.5 Å². The lowest BCUT2D eigenvalue weighted by molar-refractivity contribution is 0.242. The number of rotatable bonds is 5. The van der Waals surface area contributed by atoms with E-state index < -0.39 is 0 Å². The number of para-hydroxylation sites is 1. The molecule has 0 radical (unpaired) electrons. The van der Waals surface area contributed by atoms with Gasteiger partial charge in [-0.15, -0.1) is 0 Å². The van der Waals surface area contributed by atoms with Crippen LogP contribution in [0.2, 0.25) is 0 Å². The van der Waals surface area contributed by atoms with E-state index >= 15 is 0 Å². The van der Waals surface area contributed by atoms with Crippen molar-refractivity contribution in [3.63, 3.8) is 0 Å². The van der Waals surface area contributed by atoms with E-state index in [1.54, 1.807) is 0 Å². The van der Waals surface area contributed by atoms with Gasteiger partial charge in [0.25, 0.3) is 0 Å². The Kier molecular flexibility index (Phi) is 5.06. The van der Waals surface area contributed by atoms with Crippen LogP contribution in [0.15, 0.2) is 24.3 Å². The average molecular weight is 247 g/mol. The Hall–Kier alpha value is -1.02. The molecule has 1 aliphatic rings. The van der Waals surface area contributed by atoms with Gasteiger partial charge in [0, 0.05) is 6.04 Å². The van der Waals surface area contributed by atoms with Gasteiger partial charge in [0.15, 0.2) is 0 Å². The Morgan fingerprint density at radius 1 is 1.22 bits per heavy atom. The van der Waals surface area contributed by atoms with Crippen molar-refractivity contribution in [3.05, 3.63) is 29.8 Å². The van der Waals surface area contributed by atoms with Crippen molar-refractivity contribution in [1.82, 2.24) is 0 Å². The molecule has 0 aromatic heterocycles. The molecule has 1 atom stereocenters. The van der Waals surface area contributed by atoms with Crippen LogP contribution in [-0.4, -0.2) is 12.6 Å². The maximum absolute atomic E-state index is 6.27. The number of aryl methyl sites for hydroxylation is 1. The summed E-state index contributed by atoms with van der Waals surface area (Å²) in [5.41, 5.74) is 7.47. The lowest BCUT2D eigenvalue weighted by atomic mass is 9.83. The first-order valence-electron chi connectivity index (χ1n) is 7.21. The van der Waals surface area contributed by atoms with Crippen LogP contribution in [0.4, 0.5) is 0 Å². The van der Waals surface area contributed by atoms with Gasteiger partial charge in [-0.2, -0.15) is 0 Å². The summed E-state index contributed by atoms with van der Waals surface area (Å²) in [4.78, 5) is 0. The molecule has 1 aromatic rings. The summed E-state index contributed by atoms with van der Waals surface area (Å²) >= 11 is 0. The number of hydrogen-bond acceptors (Lipinski definition) is 2. The molecule has 2 N–H and O–H groups in total. The van der Waals surface area contributed by atoms with E-state index in [1.165, 1.54) is 37.7 Å². The molecule has 2 rings (SSSR count). The smallest absolute Gasteiger partial charge is 0.122 e. The van der Waals surface area contributed by atoms with Crippen LogP contribution in [-0.2, 0) is 0 Å².